The fourth-order valence-electron chi connectivity index (χ4n) is 3.68. The molecular weight excluding hydrogens is 242 g/mol. The monoisotopic (exact) mass is 267 g/mol. The number of benzene rings is 1. The summed E-state index contributed by atoms with van der Waals surface area (Å²) in [5.74, 6) is 0.667. The molecular formula is C19H25N. The summed E-state index contributed by atoms with van der Waals surface area (Å²) in [6.07, 6.45) is 10.8. The van der Waals surface area contributed by atoms with Crippen LogP contribution in [0.25, 0.3) is 0 Å². The number of hydrogen-bond acceptors (Lipinski definition) is 1. The van der Waals surface area contributed by atoms with Crippen molar-refractivity contribution in [2.45, 2.75) is 38.0 Å². The van der Waals surface area contributed by atoms with Crippen molar-refractivity contribution >= 4 is 0 Å². The van der Waals surface area contributed by atoms with Crippen LogP contribution < -0.4 is 0 Å². The van der Waals surface area contributed by atoms with E-state index in [2.05, 4.69) is 55.4 Å². The quantitative estimate of drug-likeness (QED) is 0.735. The molecule has 2 aliphatic rings. The zero-order valence-electron chi connectivity index (χ0n) is 12.7. The van der Waals surface area contributed by atoms with Crippen LogP contribution in [0.1, 0.15) is 42.7 Å². The lowest BCUT2D eigenvalue weighted by atomic mass is 9.73. The number of fused-ring (bicyclic) bond motifs is 1. The highest BCUT2D eigenvalue weighted by Crippen LogP contribution is 2.43. The Morgan fingerprint density at radius 3 is 2.75 bits per heavy atom. The highest BCUT2D eigenvalue weighted by molar-refractivity contribution is 5.47. The summed E-state index contributed by atoms with van der Waals surface area (Å²) in [6.45, 7) is 1.19. The van der Waals surface area contributed by atoms with Crippen molar-refractivity contribution in [3.05, 3.63) is 58.7 Å². The van der Waals surface area contributed by atoms with Gasteiger partial charge >= 0.3 is 0 Å². The largest absolute Gasteiger partial charge is 0.309 e. The van der Waals surface area contributed by atoms with E-state index in [0.717, 1.165) is 0 Å². The Hall–Kier alpha value is -1.34. The highest BCUT2D eigenvalue weighted by atomic mass is 15.0. The SMILES string of the molecule is CN(C)CCCC1C2=C(CC=CC2)Cc2ccccc21. The van der Waals surface area contributed by atoms with Gasteiger partial charge < -0.3 is 4.90 Å². The molecule has 20 heavy (non-hydrogen) atoms. The van der Waals surface area contributed by atoms with Crippen molar-refractivity contribution in [3.63, 3.8) is 0 Å². The first kappa shape index (κ1) is 13.6. The zero-order chi connectivity index (χ0) is 13.9. The second kappa shape index (κ2) is 5.97. The molecule has 0 heterocycles. The van der Waals surface area contributed by atoms with Gasteiger partial charge in [-0.2, -0.15) is 0 Å². The van der Waals surface area contributed by atoms with E-state index in [9.17, 15) is 0 Å². The number of hydrogen-bond donors (Lipinski definition) is 0. The molecule has 2 aliphatic carbocycles. The normalized spacial score (nSPS) is 21.1. The summed E-state index contributed by atoms with van der Waals surface area (Å²) in [6, 6.07) is 9.09. The Kier molecular flexibility index (Phi) is 4.07. The summed E-state index contributed by atoms with van der Waals surface area (Å²) >= 11 is 0. The van der Waals surface area contributed by atoms with Gasteiger partial charge in [0.2, 0.25) is 0 Å². The minimum Gasteiger partial charge on any atom is -0.309 e. The molecule has 0 N–H and O–H groups in total. The Morgan fingerprint density at radius 1 is 1.10 bits per heavy atom. The van der Waals surface area contributed by atoms with E-state index >= 15 is 0 Å². The molecule has 1 heteroatoms. The molecule has 0 saturated carbocycles. The Labute approximate surface area is 123 Å². The van der Waals surface area contributed by atoms with Crippen LogP contribution in [0.15, 0.2) is 47.6 Å². The summed E-state index contributed by atoms with van der Waals surface area (Å²) in [7, 11) is 4.34. The predicted octanol–water partition coefficient (Wildman–Crippen LogP) is 4.31. The maximum Gasteiger partial charge on any atom is 0.00574 e. The molecule has 3 rings (SSSR count). The van der Waals surface area contributed by atoms with Crippen molar-refractivity contribution < 1.29 is 0 Å². The lowest BCUT2D eigenvalue weighted by molar-refractivity contribution is 0.388. The molecule has 0 spiro atoms. The number of allylic oxidation sites excluding steroid dienone is 4. The minimum absolute atomic E-state index is 0.667. The topological polar surface area (TPSA) is 3.24 Å². The summed E-state index contributed by atoms with van der Waals surface area (Å²) in [4.78, 5) is 2.30. The van der Waals surface area contributed by atoms with Crippen molar-refractivity contribution in [2.75, 3.05) is 20.6 Å². The molecule has 1 nitrogen and oxygen atoms in total. The van der Waals surface area contributed by atoms with E-state index < -0.39 is 0 Å². The Bertz CT molecular complexity index is 536. The molecule has 1 atom stereocenters. The van der Waals surface area contributed by atoms with Crippen LogP contribution in [0.5, 0.6) is 0 Å². The van der Waals surface area contributed by atoms with Crippen LogP contribution in [0.4, 0.5) is 0 Å². The van der Waals surface area contributed by atoms with E-state index in [1.54, 1.807) is 22.3 Å². The second-order valence-electron chi connectivity index (χ2n) is 6.38. The van der Waals surface area contributed by atoms with Gasteiger partial charge in [-0.05, 0) is 63.9 Å². The van der Waals surface area contributed by atoms with Gasteiger partial charge in [-0.25, -0.2) is 0 Å². The molecule has 1 aromatic rings. The van der Waals surface area contributed by atoms with E-state index in [4.69, 9.17) is 0 Å². The molecule has 106 valence electrons. The minimum atomic E-state index is 0.667. The van der Waals surface area contributed by atoms with Crippen LogP contribution >= 0.6 is 0 Å². The predicted molar refractivity (Wildman–Crippen MR) is 86.1 cm³/mol. The first-order chi connectivity index (χ1) is 9.75. The Morgan fingerprint density at radius 2 is 1.90 bits per heavy atom. The van der Waals surface area contributed by atoms with Gasteiger partial charge in [0.05, 0.1) is 0 Å². The average Bonchev–Trinajstić information content (AvgIpc) is 2.46. The van der Waals surface area contributed by atoms with Gasteiger partial charge in [-0.15, -0.1) is 0 Å². The molecule has 0 fully saturated rings. The van der Waals surface area contributed by atoms with Gasteiger partial charge in [0.25, 0.3) is 0 Å². The zero-order valence-corrected chi connectivity index (χ0v) is 12.7. The smallest absolute Gasteiger partial charge is 0.00574 e. The van der Waals surface area contributed by atoms with Crippen molar-refractivity contribution in [1.82, 2.24) is 4.90 Å². The molecule has 0 bridgehead atoms. The molecule has 0 amide bonds. The van der Waals surface area contributed by atoms with Gasteiger partial charge in [0.1, 0.15) is 0 Å². The lowest BCUT2D eigenvalue weighted by Gasteiger charge is -2.32. The van der Waals surface area contributed by atoms with E-state index in [0.29, 0.717) is 5.92 Å². The average molecular weight is 267 g/mol. The molecule has 0 saturated heterocycles. The van der Waals surface area contributed by atoms with Gasteiger partial charge in [0.15, 0.2) is 0 Å². The molecule has 0 aromatic heterocycles. The van der Waals surface area contributed by atoms with E-state index in [-0.39, 0.29) is 0 Å². The molecule has 1 aromatic carbocycles. The van der Waals surface area contributed by atoms with Crippen LogP contribution in [-0.2, 0) is 6.42 Å². The maximum atomic E-state index is 2.37. The van der Waals surface area contributed by atoms with Crippen molar-refractivity contribution in [3.8, 4) is 0 Å². The standard InChI is InChI=1S/C19H25N/c1-20(2)13-7-12-19-17-10-5-3-8-15(17)14-16-9-4-6-11-18(16)19/h3-6,8,10,19H,7,9,11-14H2,1-2H3. The molecule has 1 unspecified atom stereocenters. The van der Waals surface area contributed by atoms with E-state index in [1.165, 1.54) is 38.6 Å². The first-order valence-electron chi connectivity index (χ1n) is 7.84. The van der Waals surface area contributed by atoms with Crippen molar-refractivity contribution in [1.29, 1.82) is 0 Å². The van der Waals surface area contributed by atoms with Gasteiger partial charge in [-0.1, -0.05) is 47.6 Å². The summed E-state index contributed by atoms with van der Waals surface area (Å²) in [5.41, 5.74) is 6.59. The maximum absolute atomic E-state index is 2.37. The Balaban J connectivity index is 1.85. The van der Waals surface area contributed by atoms with E-state index in [1.807, 2.05) is 0 Å². The number of rotatable bonds is 4. The van der Waals surface area contributed by atoms with Gasteiger partial charge in [-0.3, -0.25) is 0 Å². The first-order valence-corrected chi connectivity index (χ1v) is 7.84. The number of nitrogens with zero attached hydrogens (tertiary/aromatic N) is 1. The van der Waals surface area contributed by atoms with Crippen LogP contribution in [0.2, 0.25) is 0 Å². The van der Waals surface area contributed by atoms with Crippen LogP contribution in [-0.4, -0.2) is 25.5 Å². The third-order valence-corrected chi connectivity index (χ3v) is 4.68. The van der Waals surface area contributed by atoms with Crippen LogP contribution in [0.3, 0.4) is 0 Å². The fourth-order valence-corrected chi connectivity index (χ4v) is 3.68. The summed E-state index contributed by atoms with van der Waals surface area (Å²) < 4.78 is 0. The van der Waals surface area contributed by atoms with Crippen molar-refractivity contribution in [2.24, 2.45) is 0 Å². The van der Waals surface area contributed by atoms with Gasteiger partial charge in [0, 0.05) is 5.92 Å². The summed E-state index contributed by atoms with van der Waals surface area (Å²) in [5, 5.41) is 0. The van der Waals surface area contributed by atoms with Crippen LogP contribution in [0, 0.1) is 0 Å². The second-order valence-corrected chi connectivity index (χ2v) is 6.38. The molecule has 0 radical (unpaired) electrons. The lowest BCUT2D eigenvalue weighted by Crippen LogP contribution is -2.19. The third-order valence-electron chi connectivity index (χ3n) is 4.68. The fraction of sp³-hybridized carbons (Fsp3) is 0.474. The highest BCUT2D eigenvalue weighted by Gasteiger charge is 2.27. The third kappa shape index (κ3) is 2.73. The molecule has 0 aliphatic heterocycles.